The summed E-state index contributed by atoms with van der Waals surface area (Å²) in [6.45, 7) is 9.29. The molecule has 29 heavy (non-hydrogen) atoms. The van der Waals surface area contributed by atoms with Gasteiger partial charge in [0.05, 0.1) is 17.4 Å². The predicted molar refractivity (Wildman–Crippen MR) is 117 cm³/mol. The molecule has 1 aliphatic rings. The molecule has 4 rings (SSSR count). The number of fused-ring (bicyclic) bond motifs is 1. The van der Waals surface area contributed by atoms with Crippen LogP contribution in [0.25, 0.3) is 11.0 Å². The van der Waals surface area contributed by atoms with Crippen molar-refractivity contribution in [1.82, 2.24) is 19.4 Å². The topological polar surface area (TPSA) is 41.4 Å². The molecule has 2 heterocycles. The van der Waals surface area contributed by atoms with Crippen molar-refractivity contribution < 1.29 is 4.79 Å². The van der Waals surface area contributed by atoms with Crippen LogP contribution in [-0.2, 0) is 6.54 Å². The summed E-state index contributed by atoms with van der Waals surface area (Å²) in [6.07, 6.45) is 2.93. The van der Waals surface area contributed by atoms with Crippen LogP contribution in [0.4, 0.5) is 0 Å². The van der Waals surface area contributed by atoms with Gasteiger partial charge in [-0.25, -0.2) is 4.98 Å². The minimum Gasteiger partial charge on any atom is -0.337 e. The van der Waals surface area contributed by atoms with Crippen molar-refractivity contribution in [1.29, 1.82) is 0 Å². The standard InChI is InChI=1S/C24H30N4O/c1-17(2)27-12-11-21(15-27)26(4)24(29)20-8-6-19(7-9-20)14-28-16-25-22-13-18(3)5-10-23(22)28/h5-10,13,16-17,21H,11-12,14-15H2,1-4H3. The lowest BCUT2D eigenvalue weighted by Crippen LogP contribution is -2.40. The summed E-state index contributed by atoms with van der Waals surface area (Å²) in [5.41, 5.74) is 5.28. The molecule has 0 aliphatic carbocycles. The fraction of sp³-hybridized carbons (Fsp3) is 0.417. The number of rotatable bonds is 5. The van der Waals surface area contributed by atoms with Crippen LogP contribution in [0.1, 0.15) is 41.8 Å². The molecule has 1 atom stereocenters. The first-order chi connectivity index (χ1) is 13.9. The number of hydrogen-bond donors (Lipinski definition) is 0. The maximum absolute atomic E-state index is 12.9. The molecule has 1 aromatic heterocycles. The Bertz CT molecular complexity index is 1010. The van der Waals surface area contributed by atoms with E-state index in [0.29, 0.717) is 12.1 Å². The Hall–Kier alpha value is -2.66. The highest BCUT2D eigenvalue weighted by Gasteiger charge is 2.29. The Kier molecular flexibility index (Phi) is 5.41. The normalized spacial score (nSPS) is 17.3. The molecule has 1 amide bonds. The molecule has 1 fully saturated rings. The molecular formula is C24H30N4O. The SMILES string of the molecule is Cc1ccc2c(c1)ncn2Cc1ccc(C(=O)N(C)C2CCN(C(C)C)C2)cc1. The number of nitrogens with zero attached hydrogens (tertiary/aromatic N) is 4. The largest absolute Gasteiger partial charge is 0.337 e. The second-order valence-corrected chi connectivity index (χ2v) is 8.51. The molecule has 0 bridgehead atoms. The Morgan fingerprint density at radius 2 is 1.97 bits per heavy atom. The van der Waals surface area contributed by atoms with E-state index in [9.17, 15) is 4.79 Å². The molecule has 152 valence electrons. The zero-order valence-corrected chi connectivity index (χ0v) is 17.8. The Labute approximate surface area is 172 Å². The van der Waals surface area contributed by atoms with Crippen molar-refractivity contribution in [3.63, 3.8) is 0 Å². The number of carbonyl (C=O) groups is 1. The van der Waals surface area contributed by atoms with Gasteiger partial charge in [-0.15, -0.1) is 0 Å². The van der Waals surface area contributed by atoms with Gasteiger partial charge in [0.25, 0.3) is 5.91 Å². The third kappa shape index (κ3) is 4.06. The number of likely N-dealkylation sites (N-methyl/N-ethyl adjacent to an activating group) is 1. The number of benzene rings is 2. The number of aryl methyl sites for hydroxylation is 1. The summed E-state index contributed by atoms with van der Waals surface area (Å²) in [6, 6.07) is 15.2. The van der Waals surface area contributed by atoms with E-state index in [-0.39, 0.29) is 5.91 Å². The first-order valence-corrected chi connectivity index (χ1v) is 10.4. The van der Waals surface area contributed by atoms with Crippen molar-refractivity contribution in [2.24, 2.45) is 0 Å². The lowest BCUT2D eigenvalue weighted by Gasteiger charge is -2.26. The van der Waals surface area contributed by atoms with E-state index in [1.807, 2.05) is 30.4 Å². The quantitative estimate of drug-likeness (QED) is 0.662. The van der Waals surface area contributed by atoms with Crippen LogP contribution >= 0.6 is 0 Å². The first-order valence-electron chi connectivity index (χ1n) is 10.4. The van der Waals surface area contributed by atoms with Crippen LogP contribution in [0.5, 0.6) is 0 Å². The molecule has 5 nitrogen and oxygen atoms in total. The van der Waals surface area contributed by atoms with E-state index in [4.69, 9.17) is 0 Å². The van der Waals surface area contributed by atoms with Gasteiger partial charge >= 0.3 is 0 Å². The summed E-state index contributed by atoms with van der Waals surface area (Å²) in [5.74, 6) is 0.107. The summed E-state index contributed by atoms with van der Waals surface area (Å²) >= 11 is 0. The molecule has 0 N–H and O–H groups in total. The van der Waals surface area contributed by atoms with Gasteiger partial charge < -0.3 is 9.47 Å². The number of amides is 1. The summed E-state index contributed by atoms with van der Waals surface area (Å²) in [5, 5.41) is 0. The van der Waals surface area contributed by atoms with Crippen molar-refractivity contribution >= 4 is 16.9 Å². The Balaban J connectivity index is 1.44. The van der Waals surface area contributed by atoms with Crippen molar-refractivity contribution in [3.05, 3.63) is 65.5 Å². The van der Waals surface area contributed by atoms with Crippen LogP contribution < -0.4 is 0 Å². The van der Waals surface area contributed by atoms with E-state index in [1.165, 1.54) is 5.56 Å². The lowest BCUT2D eigenvalue weighted by molar-refractivity contribution is 0.0732. The number of aromatic nitrogens is 2. The van der Waals surface area contributed by atoms with Gasteiger partial charge in [-0.3, -0.25) is 9.69 Å². The average Bonchev–Trinajstić information content (AvgIpc) is 3.35. The summed E-state index contributed by atoms with van der Waals surface area (Å²) in [7, 11) is 1.93. The fourth-order valence-corrected chi connectivity index (χ4v) is 4.17. The van der Waals surface area contributed by atoms with Crippen molar-refractivity contribution in [2.45, 2.75) is 45.8 Å². The zero-order chi connectivity index (χ0) is 20.5. The molecule has 2 aromatic carbocycles. The fourth-order valence-electron chi connectivity index (χ4n) is 4.17. The van der Waals surface area contributed by atoms with Gasteiger partial charge in [0.1, 0.15) is 0 Å². The maximum atomic E-state index is 12.9. The third-order valence-electron chi connectivity index (χ3n) is 6.12. The minimum atomic E-state index is 0.107. The number of hydrogen-bond acceptors (Lipinski definition) is 3. The molecule has 1 unspecified atom stereocenters. The van der Waals surface area contributed by atoms with Crippen LogP contribution in [0.2, 0.25) is 0 Å². The highest BCUT2D eigenvalue weighted by molar-refractivity contribution is 5.94. The van der Waals surface area contributed by atoms with Gasteiger partial charge in [-0.1, -0.05) is 18.2 Å². The number of likely N-dealkylation sites (tertiary alicyclic amines) is 1. The number of imidazole rings is 1. The van der Waals surface area contributed by atoms with Crippen LogP contribution in [0.3, 0.4) is 0 Å². The van der Waals surface area contributed by atoms with Gasteiger partial charge in [0.2, 0.25) is 0 Å². The average molecular weight is 391 g/mol. The molecule has 1 aliphatic heterocycles. The summed E-state index contributed by atoms with van der Waals surface area (Å²) in [4.78, 5) is 21.8. The molecule has 0 radical (unpaired) electrons. The second-order valence-electron chi connectivity index (χ2n) is 8.51. The van der Waals surface area contributed by atoms with Gasteiger partial charge in [-0.2, -0.15) is 0 Å². The van der Waals surface area contributed by atoms with Gasteiger partial charge in [0.15, 0.2) is 0 Å². The van der Waals surface area contributed by atoms with E-state index < -0.39 is 0 Å². The monoisotopic (exact) mass is 390 g/mol. The molecule has 0 saturated carbocycles. The van der Waals surface area contributed by atoms with E-state index in [2.05, 4.69) is 65.6 Å². The van der Waals surface area contributed by atoms with Crippen LogP contribution in [0, 0.1) is 6.92 Å². The predicted octanol–water partition coefficient (Wildman–Crippen LogP) is 3.95. The smallest absolute Gasteiger partial charge is 0.253 e. The molecule has 0 spiro atoms. The highest BCUT2D eigenvalue weighted by atomic mass is 16.2. The molecule has 5 heteroatoms. The minimum absolute atomic E-state index is 0.107. The Morgan fingerprint density at radius 3 is 2.66 bits per heavy atom. The van der Waals surface area contributed by atoms with Gasteiger partial charge in [-0.05, 0) is 62.6 Å². The van der Waals surface area contributed by atoms with Crippen molar-refractivity contribution in [3.8, 4) is 0 Å². The van der Waals surface area contributed by atoms with E-state index in [0.717, 1.165) is 48.2 Å². The Morgan fingerprint density at radius 1 is 1.21 bits per heavy atom. The zero-order valence-electron chi connectivity index (χ0n) is 17.8. The molecule has 3 aromatic rings. The number of carbonyl (C=O) groups excluding carboxylic acids is 1. The van der Waals surface area contributed by atoms with E-state index in [1.54, 1.807) is 0 Å². The lowest BCUT2D eigenvalue weighted by atomic mass is 10.1. The highest BCUT2D eigenvalue weighted by Crippen LogP contribution is 2.20. The molecular weight excluding hydrogens is 360 g/mol. The second kappa shape index (κ2) is 7.99. The summed E-state index contributed by atoms with van der Waals surface area (Å²) < 4.78 is 2.15. The van der Waals surface area contributed by atoms with Crippen molar-refractivity contribution in [2.75, 3.05) is 20.1 Å². The third-order valence-corrected chi connectivity index (χ3v) is 6.12. The first kappa shape index (κ1) is 19.6. The van der Waals surface area contributed by atoms with Crippen LogP contribution in [-0.4, -0.2) is 57.5 Å². The van der Waals surface area contributed by atoms with Gasteiger partial charge in [0, 0.05) is 44.3 Å². The van der Waals surface area contributed by atoms with Crippen LogP contribution in [0.15, 0.2) is 48.8 Å². The molecule has 1 saturated heterocycles. The van der Waals surface area contributed by atoms with E-state index >= 15 is 0 Å². The maximum Gasteiger partial charge on any atom is 0.253 e.